The predicted molar refractivity (Wildman–Crippen MR) is 92.2 cm³/mol. The number of anilines is 2. The van der Waals surface area contributed by atoms with Crippen molar-refractivity contribution < 1.29 is 0 Å². The maximum absolute atomic E-state index is 4.79. The second-order valence-electron chi connectivity index (χ2n) is 7.41. The maximum atomic E-state index is 4.79. The first-order valence-corrected chi connectivity index (χ1v) is 8.02. The largest absolute Gasteiger partial charge is 0.370 e. The minimum atomic E-state index is -0.0663. The van der Waals surface area contributed by atoms with Crippen molar-refractivity contribution >= 4 is 11.6 Å². The molecule has 4 nitrogen and oxygen atoms in total. The van der Waals surface area contributed by atoms with E-state index in [0.717, 1.165) is 42.4 Å². The lowest BCUT2D eigenvalue weighted by atomic mass is 9.95. The van der Waals surface area contributed by atoms with Crippen LogP contribution < -0.4 is 10.6 Å². The smallest absolute Gasteiger partial charge is 0.138 e. The summed E-state index contributed by atoms with van der Waals surface area (Å²) in [6.07, 6.45) is 2.26. The van der Waals surface area contributed by atoms with Gasteiger partial charge in [-0.1, -0.05) is 34.1 Å². The lowest BCUT2D eigenvalue weighted by molar-refractivity contribution is 0.504. The maximum Gasteiger partial charge on any atom is 0.138 e. The first-order chi connectivity index (χ1) is 9.60. The van der Waals surface area contributed by atoms with Gasteiger partial charge in [0.05, 0.1) is 0 Å². The molecule has 21 heavy (non-hydrogen) atoms. The van der Waals surface area contributed by atoms with Gasteiger partial charge in [-0.25, -0.2) is 9.97 Å². The van der Waals surface area contributed by atoms with Crippen LogP contribution in [0.15, 0.2) is 0 Å². The average molecular weight is 292 g/mol. The second kappa shape index (κ2) is 6.63. The average Bonchev–Trinajstić information content (AvgIpc) is 2.32. The highest BCUT2D eigenvalue weighted by atomic mass is 15.1. The van der Waals surface area contributed by atoms with E-state index in [1.165, 1.54) is 0 Å². The molecule has 1 heterocycles. The summed E-state index contributed by atoms with van der Waals surface area (Å²) in [6.45, 7) is 18.1. The van der Waals surface area contributed by atoms with Gasteiger partial charge in [0.1, 0.15) is 17.5 Å². The van der Waals surface area contributed by atoms with Crippen LogP contribution in [0.2, 0.25) is 0 Å². The molecule has 0 saturated carbocycles. The summed E-state index contributed by atoms with van der Waals surface area (Å²) in [5.41, 5.74) is 1.06. The van der Waals surface area contributed by atoms with Crippen molar-refractivity contribution in [3.63, 3.8) is 0 Å². The molecular weight excluding hydrogens is 260 g/mol. The molecule has 1 rings (SSSR count). The van der Waals surface area contributed by atoms with Gasteiger partial charge in [-0.15, -0.1) is 0 Å². The lowest BCUT2D eigenvalue weighted by Gasteiger charge is -2.29. The molecule has 1 aromatic heterocycles. The highest BCUT2D eigenvalue weighted by molar-refractivity contribution is 5.58. The van der Waals surface area contributed by atoms with Crippen LogP contribution in [0.5, 0.6) is 0 Å². The van der Waals surface area contributed by atoms with Crippen molar-refractivity contribution in [2.75, 3.05) is 17.2 Å². The van der Waals surface area contributed by atoms with Crippen molar-refractivity contribution in [1.29, 1.82) is 0 Å². The highest BCUT2D eigenvalue weighted by Crippen LogP contribution is 2.28. The van der Waals surface area contributed by atoms with Gasteiger partial charge >= 0.3 is 0 Å². The summed E-state index contributed by atoms with van der Waals surface area (Å²) in [6, 6.07) is 0. The van der Waals surface area contributed by atoms with Gasteiger partial charge in [0.15, 0.2) is 0 Å². The zero-order chi connectivity index (χ0) is 16.3. The Morgan fingerprint density at radius 3 is 2.00 bits per heavy atom. The SMILES string of the molecule is CCCC(C)(C)Nc1nc(C(C)(C)C)nc(NCC)c1C. The predicted octanol–water partition coefficient (Wildman–Crippen LogP) is 4.50. The number of hydrogen-bond donors (Lipinski definition) is 2. The molecular formula is C17H32N4. The van der Waals surface area contributed by atoms with E-state index in [-0.39, 0.29) is 11.0 Å². The highest BCUT2D eigenvalue weighted by Gasteiger charge is 2.24. The number of rotatable bonds is 6. The third-order valence-corrected chi connectivity index (χ3v) is 3.49. The van der Waals surface area contributed by atoms with Gasteiger partial charge in [-0.05, 0) is 34.1 Å². The van der Waals surface area contributed by atoms with E-state index in [1.807, 2.05) is 0 Å². The molecule has 1 aromatic rings. The molecule has 0 aromatic carbocycles. The first-order valence-electron chi connectivity index (χ1n) is 8.02. The van der Waals surface area contributed by atoms with Crippen LogP contribution in [-0.2, 0) is 5.41 Å². The van der Waals surface area contributed by atoms with E-state index in [0.29, 0.717) is 0 Å². The summed E-state index contributed by atoms with van der Waals surface area (Å²) >= 11 is 0. The summed E-state index contributed by atoms with van der Waals surface area (Å²) in [7, 11) is 0. The van der Waals surface area contributed by atoms with Crippen LogP contribution in [-0.4, -0.2) is 22.1 Å². The molecule has 2 N–H and O–H groups in total. The van der Waals surface area contributed by atoms with Crippen molar-refractivity contribution in [1.82, 2.24) is 9.97 Å². The molecule has 4 heteroatoms. The number of nitrogens with one attached hydrogen (secondary N) is 2. The Morgan fingerprint density at radius 1 is 0.952 bits per heavy atom. The minimum Gasteiger partial charge on any atom is -0.370 e. The monoisotopic (exact) mass is 292 g/mol. The summed E-state index contributed by atoms with van der Waals surface area (Å²) < 4.78 is 0. The van der Waals surface area contributed by atoms with Gasteiger partial charge in [0.25, 0.3) is 0 Å². The molecule has 0 bridgehead atoms. The normalized spacial score (nSPS) is 12.4. The Morgan fingerprint density at radius 2 is 1.52 bits per heavy atom. The summed E-state index contributed by atoms with van der Waals surface area (Å²) in [5, 5.41) is 6.96. The number of aromatic nitrogens is 2. The van der Waals surface area contributed by atoms with E-state index in [4.69, 9.17) is 9.97 Å². The van der Waals surface area contributed by atoms with Crippen LogP contribution in [0, 0.1) is 6.92 Å². The fourth-order valence-corrected chi connectivity index (χ4v) is 2.32. The van der Waals surface area contributed by atoms with Crippen molar-refractivity contribution in [3.8, 4) is 0 Å². The molecule has 0 aliphatic rings. The molecule has 0 amide bonds. The van der Waals surface area contributed by atoms with E-state index >= 15 is 0 Å². The standard InChI is InChI=1S/C17H32N4/c1-9-11-17(7,8)21-14-12(3)13(18-10-2)19-15(20-14)16(4,5)6/h9-11H2,1-8H3,(H2,18,19,20,21). The number of hydrogen-bond acceptors (Lipinski definition) is 4. The fourth-order valence-electron chi connectivity index (χ4n) is 2.32. The van der Waals surface area contributed by atoms with E-state index in [9.17, 15) is 0 Å². The Hall–Kier alpha value is -1.32. The molecule has 0 aliphatic heterocycles. The zero-order valence-corrected chi connectivity index (χ0v) is 15.0. The van der Waals surface area contributed by atoms with Crippen LogP contribution in [0.1, 0.15) is 72.7 Å². The van der Waals surface area contributed by atoms with Gasteiger partial charge in [0, 0.05) is 23.1 Å². The van der Waals surface area contributed by atoms with Crippen LogP contribution >= 0.6 is 0 Å². The Kier molecular flexibility index (Phi) is 5.60. The van der Waals surface area contributed by atoms with E-state index in [1.54, 1.807) is 0 Å². The van der Waals surface area contributed by atoms with Gasteiger partial charge < -0.3 is 10.6 Å². The first kappa shape index (κ1) is 17.7. The van der Waals surface area contributed by atoms with Crippen molar-refractivity contribution in [2.45, 2.75) is 79.2 Å². The summed E-state index contributed by atoms with van der Waals surface area (Å²) in [5.74, 6) is 2.76. The van der Waals surface area contributed by atoms with Gasteiger partial charge in [-0.3, -0.25) is 0 Å². The summed E-state index contributed by atoms with van der Waals surface area (Å²) in [4.78, 5) is 9.50. The van der Waals surface area contributed by atoms with E-state index in [2.05, 4.69) is 66.0 Å². The fraction of sp³-hybridized carbons (Fsp3) is 0.765. The van der Waals surface area contributed by atoms with Crippen molar-refractivity contribution in [3.05, 3.63) is 11.4 Å². The Bertz CT molecular complexity index is 472. The van der Waals surface area contributed by atoms with Crippen LogP contribution in [0.3, 0.4) is 0 Å². The van der Waals surface area contributed by atoms with Crippen LogP contribution in [0.25, 0.3) is 0 Å². The Balaban J connectivity index is 3.26. The van der Waals surface area contributed by atoms with Gasteiger partial charge in [-0.2, -0.15) is 0 Å². The molecule has 0 atom stereocenters. The third-order valence-electron chi connectivity index (χ3n) is 3.49. The van der Waals surface area contributed by atoms with Crippen LogP contribution in [0.4, 0.5) is 11.6 Å². The molecule has 0 unspecified atom stereocenters. The van der Waals surface area contributed by atoms with Crippen molar-refractivity contribution in [2.24, 2.45) is 0 Å². The minimum absolute atomic E-state index is 0.0342. The molecule has 0 fully saturated rings. The molecule has 0 aliphatic carbocycles. The molecule has 0 saturated heterocycles. The third kappa shape index (κ3) is 4.87. The molecule has 120 valence electrons. The zero-order valence-electron chi connectivity index (χ0n) is 15.0. The Labute approximate surface area is 130 Å². The quantitative estimate of drug-likeness (QED) is 0.810. The number of nitrogens with zero attached hydrogens (tertiary/aromatic N) is 2. The second-order valence-corrected chi connectivity index (χ2v) is 7.41. The molecule has 0 spiro atoms. The molecule has 0 radical (unpaired) electrons. The van der Waals surface area contributed by atoms with Gasteiger partial charge in [0.2, 0.25) is 0 Å². The van der Waals surface area contributed by atoms with E-state index < -0.39 is 0 Å². The lowest BCUT2D eigenvalue weighted by Crippen LogP contribution is -2.32. The topological polar surface area (TPSA) is 49.8 Å².